The topological polar surface area (TPSA) is 58.6 Å². The maximum Gasteiger partial charge on any atom is 0.227 e. The zero-order chi connectivity index (χ0) is 20.2. The number of halogens is 1. The van der Waals surface area contributed by atoms with Crippen LogP contribution in [0.2, 0.25) is 0 Å². The van der Waals surface area contributed by atoms with Crippen LogP contribution in [0.3, 0.4) is 0 Å². The first-order chi connectivity index (χ1) is 14.1. The van der Waals surface area contributed by atoms with E-state index in [1.54, 1.807) is 12.1 Å². The van der Waals surface area contributed by atoms with Gasteiger partial charge in [-0.25, -0.2) is 4.39 Å². The zero-order valence-electron chi connectivity index (χ0n) is 16.3. The molecule has 1 N–H and O–H groups in total. The Morgan fingerprint density at radius 3 is 2.48 bits per heavy atom. The number of anilines is 1. The highest BCUT2D eigenvalue weighted by molar-refractivity contribution is 5.93. The highest BCUT2D eigenvalue weighted by Gasteiger charge is 2.35. The van der Waals surface area contributed by atoms with Crippen LogP contribution in [-0.4, -0.2) is 29.8 Å². The molecule has 2 fully saturated rings. The Labute approximate surface area is 169 Å². The smallest absolute Gasteiger partial charge is 0.227 e. The van der Waals surface area contributed by atoms with Gasteiger partial charge in [-0.15, -0.1) is 0 Å². The molecule has 0 bridgehead atoms. The molecule has 1 saturated heterocycles. The lowest BCUT2D eigenvalue weighted by Crippen LogP contribution is -2.42. The second-order valence-electron chi connectivity index (χ2n) is 7.81. The van der Waals surface area contributed by atoms with Crippen molar-refractivity contribution in [3.63, 3.8) is 0 Å². The van der Waals surface area contributed by atoms with Crippen LogP contribution in [0.4, 0.5) is 10.1 Å². The molecule has 6 heteroatoms. The normalized spacial score (nSPS) is 17.1. The quantitative estimate of drug-likeness (QED) is 0.803. The maximum atomic E-state index is 13.2. The zero-order valence-corrected chi connectivity index (χ0v) is 16.3. The minimum Gasteiger partial charge on any atom is -0.489 e. The van der Waals surface area contributed by atoms with Crippen LogP contribution in [-0.2, 0) is 16.2 Å². The van der Waals surface area contributed by atoms with Crippen molar-refractivity contribution in [1.82, 2.24) is 4.90 Å². The molecule has 0 atom stereocenters. The predicted octanol–water partition coefficient (Wildman–Crippen LogP) is 3.99. The standard InChI is InChI=1S/C23H25FN2O3/c24-19-4-2-6-21(14-19)29-15-16-3-1-5-20(13-16)25-22(27)17-9-11-26(12-10-17)23(28)18-7-8-18/h1-6,13-14,17-18H,7-12,15H2,(H,25,27). The Kier molecular flexibility index (Phi) is 5.79. The van der Waals surface area contributed by atoms with Crippen LogP contribution in [0.25, 0.3) is 0 Å². The highest BCUT2D eigenvalue weighted by Crippen LogP contribution is 2.32. The van der Waals surface area contributed by atoms with Gasteiger partial charge in [0.05, 0.1) is 0 Å². The van der Waals surface area contributed by atoms with E-state index >= 15 is 0 Å². The molecule has 0 unspecified atom stereocenters. The number of nitrogens with zero attached hydrogens (tertiary/aromatic N) is 1. The van der Waals surface area contributed by atoms with Crippen molar-refractivity contribution in [1.29, 1.82) is 0 Å². The van der Waals surface area contributed by atoms with Crippen molar-refractivity contribution in [2.45, 2.75) is 32.3 Å². The molecular formula is C23H25FN2O3. The van der Waals surface area contributed by atoms with Gasteiger partial charge in [0, 0.05) is 36.7 Å². The minimum atomic E-state index is -0.339. The molecular weight excluding hydrogens is 371 g/mol. The average Bonchev–Trinajstić information content (AvgIpc) is 3.58. The lowest BCUT2D eigenvalue weighted by atomic mass is 9.95. The van der Waals surface area contributed by atoms with E-state index in [0.29, 0.717) is 37.4 Å². The lowest BCUT2D eigenvalue weighted by molar-refractivity contribution is -0.135. The van der Waals surface area contributed by atoms with E-state index in [4.69, 9.17) is 4.74 Å². The van der Waals surface area contributed by atoms with Crippen molar-refractivity contribution in [2.24, 2.45) is 11.8 Å². The van der Waals surface area contributed by atoms with E-state index in [2.05, 4.69) is 5.32 Å². The third-order valence-corrected chi connectivity index (χ3v) is 5.50. The van der Waals surface area contributed by atoms with Crippen LogP contribution >= 0.6 is 0 Å². The summed E-state index contributed by atoms with van der Waals surface area (Å²) < 4.78 is 18.9. The van der Waals surface area contributed by atoms with Gasteiger partial charge in [0.1, 0.15) is 18.2 Å². The molecule has 4 rings (SSSR count). The molecule has 29 heavy (non-hydrogen) atoms. The van der Waals surface area contributed by atoms with Gasteiger partial charge in [0.2, 0.25) is 11.8 Å². The molecule has 0 aromatic heterocycles. The summed E-state index contributed by atoms with van der Waals surface area (Å²) >= 11 is 0. The van der Waals surface area contributed by atoms with Crippen LogP contribution < -0.4 is 10.1 Å². The molecule has 0 spiro atoms. The summed E-state index contributed by atoms with van der Waals surface area (Å²) in [5.74, 6) is 0.532. The fraction of sp³-hybridized carbons (Fsp3) is 0.391. The first kappa shape index (κ1) is 19.4. The first-order valence-electron chi connectivity index (χ1n) is 10.2. The van der Waals surface area contributed by atoms with Crippen LogP contribution in [0.1, 0.15) is 31.2 Å². The third kappa shape index (κ3) is 5.13. The van der Waals surface area contributed by atoms with E-state index in [1.165, 1.54) is 12.1 Å². The monoisotopic (exact) mass is 396 g/mol. The molecule has 1 aliphatic heterocycles. The number of ether oxygens (including phenoxy) is 1. The van der Waals surface area contributed by atoms with Gasteiger partial charge in [-0.05, 0) is 55.5 Å². The molecule has 152 valence electrons. The SMILES string of the molecule is O=C(Nc1cccc(COc2cccc(F)c2)c1)C1CCN(C(=O)C2CC2)CC1. The van der Waals surface area contributed by atoms with Crippen LogP contribution in [0.15, 0.2) is 48.5 Å². The van der Waals surface area contributed by atoms with E-state index < -0.39 is 0 Å². The summed E-state index contributed by atoms with van der Waals surface area (Å²) in [6.45, 7) is 1.61. The van der Waals surface area contributed by atoms with Crippen molar-refractivity contribution >= 4 is 17.5 Å². The van der Waals surface area contributed by atoms with Gasteiger partial charge in [0.15, 0.2) is 0 Å². The van der Waals surface area contributed by atoms with Crippen molar-refractivity contribution in [3.8, 4) is 5.75 Å². The number of likely N-dealkylation sites (tertiary alicyclic amines) is 1. The third-order valence-electron chi connectivity index (χ3n) is 5.50. The highest BCUT2D eigenvalue weighted by atomic mass is 19.1. The summed E-state index contributed by atoms with van der Waals surface area (Å²) in [5.41, 5.74) is 1.60. The van der Waals surface area contributed by atoms with Crippen molar-refractivity contribution in [3.05, 3.63) is 59.9 Å². The van der Waals surface area contributed by atoms with Crippen molar-refractivity contribution < 1.29 is 18.7 Å². The summed E-state index contributed by atoms with van der Waals surface area (Å²) in [6.07, 6.45) is 3.43. The summed E-state index contributed by atoms with van der Waals surface area (Å²) in [5, 5.41) is 2.98. The molecule has 2 amide bonds. The summed E-state index contributed by atoms with van der Waals surface area (Å²) in [7, 11) is 0. The average molecular weight is 396 g/mol. The molecule has 1 heterocycles. The van der Waals surface area contributed by atoms with Gasteiger partial charge in [-0.2, -0.15) is 0 Å². The fourth-order valence-corrected chi connectivity index (χ4v) is 3.66. The van der Waals surface area contributed by atoms with Gasteiger partial charge in [-0.1, -0.05) is 18.2 Å². The molecule has 1 aliphatic carbocycles. The van der Waals surface area contributed by atoms with Gasteiger partial charge >= 0.3 is 0 Å². The molecule has 2 aromatic carbocycles. The number of carbonyl (C=O) groups is 2. The number of hydrogen-bond acceptors (Lipinski definition) is 3. The lowest BCUT2D eigenvalue weighted by Gasteiger charge is -2.31. The number of nitrogens with one attached hydrogen (secondary N) is 1. The number of carbonyl (C=O) groups excluding carboxylic acids is 2. The Hall–Kier alpha value is -2.89. The molecule has 0 radical (unpaired) electrons. The Bertz CT molecular complexity index is 889. The molecule has 2 aliphatic rings. The van der Waals surface area contributed by atoms with Crippen molar-refractivity contribution in [2.75, 3.05) is 18.4 Å². The second-order valence-corrected chi connectivity index (χ2v) is 7.81. The van der Waals surface area contributed by atoms with E-state index in [1.807, 2.05) is 29.2 Å². The van der Waals surface area contributed by atoms with Crippen LogP contribution in [0.5, 0.6) is 5.75 Å². The van der Waals surface area contributed by atoms with Gasteiger partial charge in [-0.3, -0.25) is 9.59 Å². The fourth-order valence-electron chi connectivity index (χ4n) is 3.66. The van der Waals surface area contributed by atoms with E-state index in [-0.39, 0.29) is 36.1 Å². The molecule has 2 aromatic rings. The van der Waals surface area contributed by atoms with Crippen LogP contribution in [0, 0.1) is 17.7 Å². The van der Waals surface area contributed by atoms with Gasteiger partial charge < -0.3 is 15.0 Å². The number of hydrogen-bond donors (Lipinski definition) is 1. The second kappa shape index (κ2) is 8.64. The summed E-state index contributed by atoms with van der Waals surface area (Å²) in [6, 6.07) is 13.5. The molecule has 1 saturated carbocycles. The Morgan fingerprint density at radius 2 is 1.76 bits per heavy atom. The number of benzene rings is 2. The number of piperidine rings is 1. The van der Waals surface area contributed by atoms with E-state index in [0.717, 1.165) is 18.4 Å². The first-order valence-corrected chi connectivity index (χ1v) is 10.2. The summed E-state index contributed by atoms with van der Waals surface area (Å²) in [4.78, 5) is 26.7. The van der Waals surface area contributed by atoms with E-state index in [9.17, 15) is 14.0 Å². The maximum absolute atomic E-state index is 13.2. The van der Waals surface area contributed by atoms with Gasteiger partial charge in [0.25, 0.3) is 0 Å². The Balaban J connectivity index is 1.28. The Morgan fingerprint density at radius 1 is 1.00 bits per heavy atom. The minimum absolute atomic E-state index is 0.00767. The predicted molar refractivity (Wildman–Crippen MR) is 108 cm³/mol. The largest absolute Gasteiger partial charge is 0.489 e. The number of rotatable bonds is 6. The molecule has 5 nitrogen and oxygen atoms in total. The number of amides is 2.